The summed E-state index contributed by atoms with van der Waals surface area (Å²) in [6, 6.07) is 1.55. The molecule has 0 spiro atoms. The highest BCUT2D eigenvalue weighted by Gasteiger charge is 2.15. The summed E-state index contributed by atoms with van der Waals surface area (Å²) in [5.74, 6) is -1.09. The Balaban J connectivity index is 2.59. The normalized spacial score (nSPS) is 11.4. The summed E-state index contributed by atoms with van der Waals surface area (Å²) in [4.78, 5) is 7.61. The Hall–Kier alpha value is -2.64. The molecule has 3 aromatic rings. The molecule has 0 radical (unpaired) electrons. The quantitative estimate of drug-likeness (QED) is 0.462. The molecule has 0 amide bonds. The monoisotopic (exact) mass is 232 g/mol. The first-order valence-electron chi connectivity index (χ1n) is 4.75. The van der Waals surface area contributed by atoms with Gasteiger partial charge in [-0.3, -0.25) is 0 Å². The molecule has 0 atom stereocenters. The van der Waals surface area contributed by atoms with Gasteiger partial charge in [0.1, 0.15) is 16.6 Å². The van der Waals surface area contributed by atoms with E-state index in [0.717, 1.165) is 0 Å². The summed E-state index contributed by atoms with van der Waals surface area (Å²) in [6.45, 7) is 0. The van der Waals surface area contributed by atoms with E-state index < -0.39 is 11.8 Å². The molecule has 0 aliphatic rings. The number of nitrogens with two attached hydrogens (primary N) is 1. The van der Waals surface area contributed by atoms with Gasteiger partial charge in [0.25, 0.3) is 11.8 Å². The molecule has 0 aliphatic heterocycles. The molecule has 2 aromatic heterocycles. The standard InChI is InChI=1S/C9H8N6O2/c1-15-7-3(10)2-4-5(6(7)13-14-15)12-9(17)8(16)11-4/h2H,10H2,1H3,(H,11,16)(H,12,17). The first kappa shape index (κ1) is 9.58. The van der Waals surface area contributed by atoms with Crippen LogP contribution in [-0.2, 0) is 7.05 Å². The lowest BCUT2D eigenvalue weighted by molar-refractivity contribution is 0.378. The fraction of sp³-hybridized carbons (Fsp3) is 0.111. The largest absolute Gasteiger partial charge is 0.489 e. The third kappa shape index (κ3) is 1.17. The van der Waals surface area contributed by atoms with Crippen LogP contribution >= 0.6 is 0 Å². The van der Waals surface area contributed by atoms with Crippen molar-refractivity contribution in [3.63, 3.8) is 0 Å². The second kappa shape index (κ2) is 2.94. The van der Waals surface area contributed by atoms with E-state index in [9.17, 15) is 10.2 Å². The van der Waals surface area contributed by atoms with Gasteiger partial charge in [0, 0.05) is 7.05 Å². The highest BCUT2D eigenvalue weighted by Crippen LogP contribution is 2.30. The second-order valence-corrected chi connectivity index (χ2v) is 3.61. The molecule has 17 heavy (non-hydrogen) atoms. The van der Waals surface area contributed by atoms with Gasteiger partial charge >= 0.3 is 0 Å². The zero-order valence-electron chi connectivity index (χ0n) is 8.79. The molecule has 0 aliphatic carbocycles. The van der Waals surface area contributed by atoms with Crippen LogP contribution in [0.25, 0.3) is 22.1 Å². The number of anilines is 1. The first-order valence-corrected chi connectivity index (χ1v) is 4.75. The number of benzene rings is 1. The van der Waals surface area contributed by atoms with Crippen molar-refractivity contribution in [3.05, 3.63) is 6.07 Å². The van der Waals surface area contributed by atoms with E-state index in [1.807, 2.05) is 0 Å². The maximum Gasteiger partial charge on any atom is 0.276 e. The van der Waals surface area contributed by atoms with Crippen LogP contribution in [0.4, 0.5) is 5.69 Å². The number of fused-ring (bicyclic) bond motifs is 3. The molecule has 0 saturated heterocycles. The summed E-state index contributed by atoms with van der Waals surface area (Å²) in [6.07, 6.45) is 0. The van der Waals surface area contributed by atoms with E-state index in [4.69, 9.17) is 5.73 Å². The van der Waals surface area contributed by atoms with Crippen LogP contribution < -0.4 is 5.73 Å². The molecule has 2 heterocycles. The molecule has 0 fully saturated rings. The fourth-order valence-electron chi connectivity index (χ4n) is 1.76. The van der Waals surface area contributed by atoms with Crippen molar-refractivity contribution < 1.29 is 10.2 Å². The molecule has 86 valence electrons. The van der Waals surface area contributed by atoms with Crippen molar-refractivity contribution in [2.75, 3.05) is 5.73 Å². The van der Waals surface area contributed by atoms with Crippen LogP contribution in [0.2, 0.25) is 0 Å². The van der Waals surface area contributed by atoms with Crippen molar-refractivity contribution in [2.45, 2.75) is 0 Å². The number of aromatic nitrogens is 5. The minimum atomic E-state index is -0.547. The Labute approximate surface area is 94.3 Å². The highest BCUT2D eigenvalue weighted by molar-refractivity contribution is 6.05. The number of nitrogen functional groups attached to an aromatic ring is 1. The van der Waals surface area contributed by atoms with E-state index in [0.29, 0.717) is 27.8 Å². The van der Waals surface area contributed by atoms with E-state index >= 15 is 0 Å². The van der Waals surface area contributed by atoms with Gasteiger partial charge in [0.2, 0.25) is 0 Å². The van der Waals surface area contributed by atoms with Gasteiger partial charge in [0.05, 0.1) is 11.2 Å². The zero-order chi connectivity index (χ0) is 12.2. The smallest absolute Gasteiger partial charge is 0.276 e. The molecule has 0 saturated carbocycles. The molecule has 4 N–H and O–H groups in total. The SMILES string of the molecule is Cn1nnc2c3nc(O)c(O)nc3cc(N)c21. The van der Waals surface area contributed by atoms with Crippen LogP contribution in [0, 0.1) is 0 Å². The van der Waals surface area contributed by atoms with Crippen LogP contribution in [0.15, 0.2) is 6.07 Å². The average Bonchev–Trinajstić information content (AvgIpc) is 2.65. The maximum absolute atomic E-state index is 9.34. The van der Waals surface area contributed by atoms with Gasteiger partial charge in [0.15, 0.2) is 0 Å². The van der Waals surface area contributed by atoms with Crippen LogP contribution in [-0.4, -0.2) is 35.2 Å². The number of rotatable bonds is 0. The second-order valence-electron chi connectivity index (χ2n) is 3.61. The predicted octanol–water partition coefficient (Wildman–Crippen LogP) is -0.0951. The molecular weight excluding hydrogens is 224 g/mol. The Morgan fingerprint density at radius 3 is 2.65 bits per heavy atom. The van der Waals surface area contributed by atoms with Crippen molar-refractivity contribution in [2.24, 2.45) is 7.05 Å². The van der Waals surface area contributed by atoms with Gasteiger partial charge < -0.3 is 15.9 Å². The van der Waals surface area contributed by atoms with E-state index in [-0.39, 0.29) is 0 Å². The number of hydrogen-bond donors (Lipinski definition) is 3. The molecule has 3 rings (SSSR count). The third-order valence-electron chi connectivity index (χ3n) is 2.50. The summed E-state index contributed by atoms with van der Waals surface area (Å²) in [5, 5.41) is 26.4. The fourth-order valence-corrected chi connectivity index (χ4v) is 1.76. The summed E-state index contributed by atoms with van der Waals surface area (Å²) < 4.78 is 1.51. The van der Waals surface area contributed by atoms with Crippen molar-refractivity contribution in [3.8, 4) is 11.8 Å². The van der Waals surface area contributed by atoms with E-state index in [1.165, 1.54) is 4.68 Å². The van der Waals surface area contributed by atoms with Gasteiger partial charge in [-0.15, -0.1) is 5.10 Å². The number of hydrogen-bond acceptors (Lipinski definition) is 7. The van der Waals surface area contributed by atoms with Crippen LogP contribution in [0.3, 0.4) is 0 Å². The zero-order valence-corrected chi connectivity index (χ0v) is 8.79. The van der Waals surface area contributed by atoms with Gasteiger partial charge in [-0.05, 0) is 6.07 Å². The van der Waals surface area contributed by atoms with Crippen molar-refractivity contribution >= 4 is 27.8 Å². The lowest BCUT2D eigenvalue weighted by Crippen LogP contribution is -1.96. The first-order chi connectivity index (χ1) is 8.08. The minimum Gasteiger partial charge on any atom is -0.489 e. The molecule has 0 unspecified atom stereocenters. The molecular formula is C9H8N6O2. The molecule has 1 aromatic carbocycles. The van der Waals surface area contributed by atoms with Crippen LogP contribution in [0.1, 0.15) is 0 Å². The Morgan fingerprint density at radius 2 is 1.88 bits per heavy atom. The number of nitrogens with zero attached hydrogens (tertiary/aromatic N) is 5. The maximum atomic E-state index is 9.34. The lowest BCUT2D eigenvalue weighted by atomic mass is 10.2. The summed E-state index contributed by atoms with van der Waals surface area (Å²) >= 11 is 0. The third-order valence-corrected chi connectivity index (χ3v) is 2.50. The lowest BCUT2D eigenvalue weighted by Gasteiger charge is -2.03. The van der Waals surface area contributed by atoms with Gasteiger partial charge in [-0.25, -0.2) is 14.6 Å². The molecule has 0 bridgehead atoms. The predicted molar refractivity (Wildman–Crippen MR) is 59.3 cm³/mol. The van der Waals surface area contributed by atoms with Crippen molar-refractivity contribution in [1.29, 1.82) is 0 Å². The van der Waals surface area contributed by atoms with E-state index in [2.05, 4.69) is 20.3 Å². The molecule has 8 heteroatoms. The van der Waals surface area contributed by atoms with Crippen molar-refractivity contribution in [1.82, 2.24) is 25.0 Å². The van der Waals surface area contributed by atoms with E-state index in [1.54, 1.807) is 13.1 Å². The average molecular weight is 232 g/mol. The summed E-state index contributed by atoms with van der Waals surface area (Å²) in [5.41, 5.74) is 8.01. The molecule has 8 nitrogen and oxygen atoms in total. The number of aromatic hydroxyl groups is 2. The number of aryl methyl sites for hydroxylation is 1. The topological polar surface area (TPSA) is 123 Å². The Bertz CT molecular complexity index is 750. The van der Waals surface area contributed by atoms with Gasteiger partial charge in [-0.2, -0.15) is 0 Å². The van der Waals surface area contributed by atoms with Crippen LogP contribution in [0.5, 0.6) is 11.8 Å². The summed E-state index contributed by atoms with van der Waals surface area (Å²) in [7, 11) is 1.70. The Morgan fingerprint density at radius 1 is 1.18 bits per heavy atom. The Kier molecular flexibility index (Phi) is 1.65. The minimum absolute atomic E-state index is 0.345. The highest BCUT2D eigenvalue weighted by atomic mass is 16.3. The van der Waals surface area contributed by atoms with Gasteiger partial charge in [-0.1, -0.05) is 5.21 Å².